The van der Waals surface area contributed by atoms with Gasteiger partial charge in [0.05, 0.1) is 0 Å². The van der Waals surface area contributed by atoms with Crippen molar-refractivity contribution in [2.45, 2.75) is 12.5 Å². The lowest BCUT2D eigenvalue weighted by molar-refractivity contribution is -0.138. The summed E-state index contributed by atoms with van der Waals surface area (Å²) in [5.74, 6) is -0.793. The van der Waals surface area contributed by atoms with Crippen molar-refractivity contribution in [1.82, 2.24) is 0 Å². The highest BCUT2D eigenvalue weighted by atomic mass is 35.5. The normalized spacial score (nSPS) is 11.7. The van der Waals surface area contributed by atoms with E-state index in [0.717, 1.165) is 5.56 Å². The number of hydrogen-bond donors (Lipinski definition) is 2. The predicted octanol–water partition coefficient (Wildman–Crippen LogP) is 1.35. The van der Waals surface area contributed by atoms with Crippen molar-refractivity contribution >= 4 is 23.7 Å². The molecule has 0 spiro atoms. The Morgan fingerprint density at radius 3 is 2.44 bits per heavy atom. The van der Waals surface area contributed by atoms with Crippen LogP contribution in [0.15, 0.2) is 24.3 Å². The van der Waals surface area contributed by atoms with E-state index in [4.69, 9.17) is 27.2 Å². The molecule has 6 nitrogen and oxygen atoms in total. The van der Waals surface area contributed by atoms with Crippen LogP contribution >= 0.6 is 11.6 Å². The van der Waals surface area contributed by atoms with Gasteiger partial charge in [0, 0.05) is 0 Å². The number of carbonyl (C=O) groups is 2. The van der Waals surface area contributed by atoms with Gasteiger partial charge in [-0.1, -0.05) is 23.7 Å². The molecule has 0 saturated heterocycles. The number of carbonyl (C=O) groups excluding carboxylic acids is 1. The average Bonchev–Trinajstić information content (AvgIpc) is 2.31. The highest BCUT2D eigenvalue weighted by Crippen LogP contribution is 2.14. The van der Waals surface area contributed by atoms with Crippen molar-refractivity contribution < 1.29 is 24.2 Å². The largest absolute Gasteiger partial charge is 0.515 e. The molecular weight excluding hydrogens is 262 g/mol. The number of carboxylic acid groups (broad SMARTS) is 1. The summed E-state index contributed by atoms with van der Waals surface area (Å²) in [6.45, 7) is 0. The number of halogens is 1. The summed E-state index contributed by atoms with van der Waals surface area (Å²) in [6.07, 6.45) is -0.707. The Labute approximate surface area is 108 Å². The summed E-state index contributed by atoms with van der Waals surface area (Å²) in [5, 5.41) is 8.65. The molecule has 1 rings (SSSR count). The Morgan fingerprint density at radius 1 is 1.33 bits per heavy atom. The zero-order valence-corrected chi connectivity index (χ0v) is 10.1. The fourth-order valence-electron chi connectivity index (χ4n) is 1.21. The third-order valence-corrected chi connectivity index (χ3v) is 2.18. The van der Waals surface area contributed by atoms with Gasteiger partial charge in [0.15, 0.2) is 6.07 Å². The first-order valence-corrected chi connectivity index (χ1v) is 5.54. The maximum atomic E-state index is 10.9. The van der Waals surface area contributed by atoms with Crippen molar-refractivity contribution in [3.05, 3.63) is 29.8 Å². The summed E-state index contributed by atoms with van der Waals surface area (Å²) < 4.78 is 9.15. The van der Waals surface area contributed by atoms with Gasteiger partial charge in [-0.2, -0.15) is 0 Å². The number of hydrogen-bond acceptors (Lipinski definition) is 5. The third kappa shape index (κ3) is 4.60. The minimum Gasteiger partial charge on any atom is -0.480 e. The number of ether oxygens (including phenoxy) is 2. The molecule has 0 radical (unpaired) electrons. The van der Waals surface area contributed by atoms with Gasteiger partial charge in [0.2, 0.25) is 0 Å². The van der Waals surface area contributed by atoms with Gasteiger partial charge < -0.3 is 20.3 Å². The molecule has 3 N–H and O–H groups in total. The van der Waals surface area contributed by atoms with E-state index in [9.17, 15) is 9.59 Å². The van der Waals surface area contributed by atoms with Crippen LogP contribution in [-0.2, 0) is 16.0 Å². The minimum atomic E-state index is -1.07. The van der Waals surface area contributed by atoms with Crippen LogP contribution in [0, 0.1) is 0 Å². The summed E-state index contributed by atoms with van der Waals surface area (Å²) in [5.41, 5.74) is 6.11. The topological polar surface area (TPSA) is 98.9 Å². The van der Waals surface area contributed by atoms with Gasteiger partial charge in [-0.25, -0.2) is 4.79 Å². The standard InChI is InChI=1S/C11H12ClNO5/c12-6-17-11(16)18-8-3-1-7(2-4-8)5-9(13)10(14)15/h1-4,9H,5-6,13H2,(H,14,15)/t9-/m1/s1. The van der Waals surface area contributed by atoms with Crippen LogP contribution in [0.1, 0.15) is 5.56 Å². The summed E-state index contributed by atoms with van der Waals surface area (Å²) in [6, 6.07) is 5.01. The minimum absolute atomic E-state index is 0.196. The lowest BCUT2D eigenvalue weighted by Gasteiger charge is -2.07. The molecule has 0 unspecified atom stereocenters. The van der Waals surface area contributed by atoms with E-state index in [0.29, 0.717) is 0 Å². The fourth-order valence-corrected chi connectivity index (χ4v) is 1.29. The van der Waals surface area contributed by atoms with E-state index < -0.39 is 18.2 Å². The van der Waals surface area contributed by atoms with Gasteiger partial charge in [-0.3, -0.25) is 4.79 Å². The highest BCUT2D eigenvalue weighted by Gasteiger charge is 2.12. The predicted molar refractivity (Wildman–Crippen MR) is 63.6 cm³/mol. The van der Waals surface area contributed by atoms with Crippen LogP contribution < -0.4 is 10.5 Å². The van der Waals surface area contributed by atoms with Gasteiger partial charge >= 0.3 is 12.1 Å². The fraction of sp³-hybridized carbons (Fsp3) is 0.273. The number of nitrogens with two attached hydrogens (primary N) is 1. The molecule has 7 heteroatoms. The van der Waals surface area contributed by atoms with Gasteiger partial charge in [-0.15, -0.1) is 0 Å². The molecule has 0 aliphatic heterocycles. The maximum absolute atomic E-state index is 10.9. The maximum Gasteiger partial charge on any atom is 0.515 e. The number of rotatable bonds is 5. The zero-order chi connectivity index (χ0) is 13.5. The monoisotopic (exact) mass is 273 g/mol. The summed E-state index contributed by atoms with van der Waals surface area (Å²) >= 11 is 5.18. The Kier molecular flexibility index (Phi) is 5.41. The number of alkyl halides is 1. The Hall–Kier alpha value is -1.79. The lowest BCUT2D eigenvalue weighted by Crippen LogP contribution is -2.32. The summed E-state index contributed by atoms with van der Waals surface area (Å²) in [4.78, 5) is 21.5. The van der Waals surface area contributed by atoms with Crippen molar-refractivity contribution in [3.8, 4) is 5.75 Å². The molecule has 0 saturated carbocycles. The first-order valence-electron chi connectivity index (χ1n) is 5.01. The second-order valence-electron chi connectivity index (χ2n) is 3.40. The van der Waals surface area contributed by atoms with Gasteiger partial charge in [0.1, 0.15) is 11.8 Å². The molecule has 0 aliphatic rings. The molecule has 0 bridgehead atoms. The second-order valence-corrected chi connectivity index (χ2v) is 3.62. The number of benzene rings is 1. The Bertz CT molecular complexity index is 420. The van der Waals surface area contributed by atoms with E-state index in [1.807, 2.05) is 0 Å². The molecule has 1 aromatic carbocycles. The molecule has 98 valence electrons. The van der Waals surface area contributed by atoms with Crippen LogP contribution in [0.2, 0.25) is 0 Å². The van der Waals surface area contributed by atoms with E-state index in [1.165, 1.54) is 12.1 Å². The van der Waals surface area contributed by atoms with Crippen molar-refractivity contribution in [3.63, 3.8) is 0 Å². The number of carboxylic acids is 1. The molecule has 0 aliphatic carbocycles. The van der Waals surface area contributed by atoms with Crippen molar-refractivity contribution in [2.75, 3.05) is 6.07 Å². The van der Waals surface area contributed by atoms with Crippen LogP contribution in [0.25, 0.3) is 0 Å². The Balaban J connectivity index is 2.57. The van der Waals surface area contributed by atoms with Gasteiger partial charge in [-0.05, 0) is 24.1 Å². The Morgan fingerprint density at radius 2 is 1.94 bits per heavy atom. The molecule has 0 heterocycles. The quantitative estimate of drug-likeness (QED) is 0.477. The van der Waals surface area contributed by atoms with E-state index in [-0.39, 0.29) is 18.2 Å². The number of aliphatic carboxylic acids is 1. The lowest BCUT2D eigenvalue weighted by atomic mass is 10.1. The van der Waals surface area contributed by atoms with E-state index in [2.05, 4.69) is 4.74 Å². The first kappa shape index (κ1) is 14.3. The van der Waals surface area contributed by atoms with Crippen LogP contribution in [0.3, 0.4) is 0 Å². The molecule has 0 aromatic heterocycles. The van der Waals surface area contributed by atoms with E-state index in [1.54, 1.807) is 12.1 Å². The average molecular weight is 274 g/mol. The van der Waals surface area contributed by atoms with Crippen LogP contribution in [0.4, 0.5) is 4.79 Å². The van der Waals surface area contributed by atoms with Crippen molar-refractivity contribution in [1.29, 1.82) is 0 Å². The van der Waals surface area contributed by atoms with Gasteiger partial charge in [0.25, 0.3) is 0 Å². The van der Waals surface area contributed by atoms with Crippen LogP contribution in [0.5, 0.6) is 5.75 Å². The third-order valence-electron chi connectivity index (χ3n) is 2.07. The van der Waals surface area contributed by atoms with Crippen LogP contribution in [-0.4, -0.2) is 29.3 Å². The molecule has 18 heavy (non-hydrogen) atoms. The zero-order valence-electron chi connectivity index (χ0n) is 9.34. The second kappa shape index (κ2) is 6.83. The highest BCUT2D eigenvalue weighted by molar-refractivity contribution is 6.17. The molecule has 1 aromatic rings. The molecule has 0 amide bonds. The summed E-state index contributed by atoms with van der Waals surface area (Å²) in [7, 11) is 0. The SMILES string of the molecule is N[C@H](Cc1ccc(OC(=O)OCCl)cc1)C(=O)O. The first-order chi connectivity index (χ1) is 8.52. The van der Waals surface area contributed by atoms with Crippen molar-refractivity contribution in [2.24, 2.45) is 5.73 Å². The molecule has 0 fully saturated rings. The van der Waals surface area contributed by atoms with E-state index >= 15 is 0 Å². The molecule has 1 atom stereocenters. The smallest absolute Gasteiger partial charge is 0.480 e. The molecular formula is C11H12ClNO5.